The van der Waals surface area contributed by atoms with Gasteiger partial charge in [0.25, 0.3) is 11.8 Å². The molecule has 0 unspecified atom stereocenters. The molecule has 3 aromatic heterocycles. The average molecular weight is 365 g/mol. The summed E-state index contributed by atoms with van der Waals surface area (Å²) >= 11 is 0. The molecule has 0 bridgehead atoms. The van der Waals surface area contributed by atoms with Crippen LogP contribution in [0.25, 0.3) is 0 Å². The topological polar surface area (TPSA) is 160 Å². The Morgan fingerprint density at radius 2 is 1.15 bits per heavy atom. The van der Waals surface area contributed by atoms with Gasteiger partial charge in [-0.25, -0.2) is 9.97 Å². The molecule has 0 saturated heterocycles. The van der Waals surface area contributed by atoms with Gasteiger partial charge < -0.3 is 5.73 Å². The highest BCUT2D eigenvalue weighted by Gasteiger charge is 2.11. The molecule has 11 heteroatoms. The van der Waals surface area contributed by atoms with Crippen LogP contribution in [-0.2, 0) is 0 Å². The van der Waals surface area contributed by atoms with Gasteiger partial charge in [-0.15, -0.1) is 0 Å². The summed E-state index contributed by atoms with van der Waals surface area (Å²) in [5, 5.41) is 0. The number of carbonyl (C=O) groups excluding carboxylic acids is 2. The van der Waals surface area contributed by atoms with E-state index in [1.54, 1.807) is 24.3 Å². The van der Waals surface area contributed by atoms with Crippen molar-refractivity contribution in [1.29, 1.82) is 0 Å². The Balaban J connectivity index is 1.62. The third kappa shape index (κ3) is 4.42. The molecular formula is C16H15N9O2. The Labute approximate surface area is 153 Å². The Morgan fingerprint density at radius 1 is 0.741 bits per heavy atom. The number of nitrogen functional groups attached to an aromatic ring is 1. The van der Waals surface area contributed by atoms with E-state index in [0.29, 0.717) is 11.1 Å². The van der Waals surface area contributed by atoms with E-state index in [2.05, 4.69) is 41.6 Å². The Morgan fingerprint density at radius 3 is 1.56 bits per heavy atom. The van der Waals surface area contributed by atoms with Crippen molar-refractivity contribution in [1.82, 2.24) is 30.8 Å². The lowest BCUT2D eigenvalue weighted by Crippen LogP contribution is -2.32. The molecule has 0 saturated carbocycles. The molecule has 136 valence electrons. The molecule has 3 rings (SSSR count). The highest BCUT2D eigenvalue weighted by atomic mass is 16.2. The van der Waals surface area contributed by atoms with Crippen molar-refractivity contribution in [3.8, 4) is 0 Å². The summed E-state index contributed by atoms with van der Waals surface area (Å²) in [5.74, 6) is -0.465. The van der Waals surface area contributed by atoms with Crippen LogP contribution in [0.15, 0.2) is 55.4 Å². The maximum absolute atomic E-state index is 12.0. The van der Waals surface area contributed by atoms with Crippen molar-refractivity contribution in [2.24, 2.45) is 0 Å². The third-order valence-corrected chi connectivity index (χ3v) is 3.36. The first-order valence-electron chi connectivity index (χ1n) is 7.68. The van der Waals surface area contributed by atoms with Gasteiger partial charge in [0.05, 0.1) is 0 Å². The van der Waals surface area contributed by atoms with Crippen LogP contribution in [0.4, 0.5) is 17.3 Å². The van der Waals surface area contributed by atoms with Crippen molar-refractivity contribution < 1.29 is 9.59 Å². The van der Waals surface area contributed by atoms with E-state index >= 15 is 0 Å². The van der Waals surface area contributed by atoms with Crippen molar-refractivity contribution in [3.63, 3.8) is 0 Å². The summed E-state index contributed by atoms with van der Waals surface area (Å²) in [5.41, 5.74) is 17.0. The molecule has 6 N–H and O–H groups in total. The number of hydrogen-bond donors (Lipinski definition) is 5. The zero-order valence-corrected chi connectivity index (χ0v) is 13.9. The summed E-state index contributed by atoms with van der Waals surface area (Å²) in [6, 6.07) is 6.23. The minimum Gasteiger partial charge on any atom is -0.393 e. The predicted molar refractivity (Wildman–Crippen MR) is 97.1 cm³/mol. The Kier molecular flexibility index (Phi) is 5.33. The first-order valence-corrected chi connectivity index (χ1v) is 7.68. The van der Waals surface area contributed by atoms with Crippen molar-refractivity contribution in [2.75, 3.05) is 16.6 Å². The molecule has 0 spiro atoms. The van der Waals surface area contributed by atoms with Crippen molar-refractivity contribution in [3.05, 3.63) is 66.5 Å². The maximum Gasteiger partial charge on any atom is 0.269 e. The summed E-state index contributed by atoms with van der Waals surface area (Å²) in [6.07, 6.45) is 7.23. The zero-order chi connectivity index (χ0) is 19.1. The van der Waals surface area contributed by atoms with Gasteiger partial charge in [0.2, 0.25) is 0 Å². The first-order chi connectivity index (χ1) is 13.1. The number of pyridine rings is 2. The predicted octanol–water partition coefficient (Wildman–Crippen LogP) is 0.363. The number of nitrogens with zero attached hydrogens (tertiary/aromatic N) is 4. The Hall–Kier alpha value is -4.28. The van der Waals surface area contributed by atoms with Crippen LogP contribution in [0.2, 0.25) is 0 Å². The van der Waals surface area contributed by atoms with E-state index in [1.165, 1.54) is 31.1 Å². The van der Waals surface area contributed by atoms with Crippen LogP contribution in [0, 0.1) is 0 Å². The average Bonchev–Trinajstić information content (AvgIpc) is 2.73. The highest BCUT2D eigenvalue weighted by molar-refractivity contribution is 5.96. The number of nitrogens with two attached hydrogens (primary N) is 1. The Bertz CT molecular complexity index is 861. The van der Waals surface area contributed by atoms with Gasteiger partial charge in [0, 0.05) is 35.9 Å². The number of hydrogen-bond acceptors (Lipinski definition) is 9. The second kappa shape index (κ2) is 8.20. The number of carbonyl (C=O) groups is 2. The highest BCUT2D eigenvalue weighted by Crippen LogP contribution is 2.21. The number of aromatic nitrogens is 4. The standard InChI is InChI=1S/C16H15N9O2/c17-12-13(22-24-15(26)10-1-5-18-6-2-10)20-9-21-14(12)23-25-16(27)11-3-7-19-8-4-11/h1-9H,17H2,(H,24,26)(H,25,27)(H2,20,21,22,23). The fourth-order valence-corrected chi connectivity index (χ4v) is 1.98. The van der Waals surface area contributed by atoms with Crippen LogP contribution in [0.3, 0.4) is 0 Å². The van der Waals surface area contributed by atoms with Gasteiger partial charge in [0.1, 0.15) is 12.0 Å². The number of anilines is 3. The second-order valence-electron chi connectivity index (χ2n) is 5.11. The van der Waals surface area contributed by atoms with Crippen molar-refractivity contribution >= 4 is 29.1 Å². The van der Waals surface area contributed by atoms with Gasteiger partial charge in [-0.05, 0) is 24.3 Å². The third-order valence-electron chi connectivity index (χ3n) is 3.36. The quantitative estimate of drug-likeness (QED) is 0.389. The largest absolute Gasteiger partial charge is 0.393 e. The number of nitrogens with one attached hydrogen (secondary N) is 4. The summed E-state index contributed by atoms with van der Waals surface area (Å²) in [7, 11) is 0. The number of amides is 2. The van der Waals surface area contributed by atoms with Crippen LogP contribution in [0.5, 0.6) is 0 Å². The van der Waals surface area contributed by atoms with E-state index in [1.807, 2.05) is 0 Å². The lowest BCUT2D eigenvalue weighted by atomic mass is 10.2. The summed E-state index contributed by atoms with van der Waals surface area (Å²) in [4.78, 5) is 39.6. The van der Waals surface area contributed by atoms with E-state index in [0.717, 1.165) is 0 Å². The summed E-state index contributed by atoms with van der Waals surface area (Å²) in [6.45, 7) is 0. The molecule has 27 heavy (non-hydrogen) atoms. The fraction of sp³-hybridized carbons (Fsp3) is 0. The zero-order valence-electron chi connectivity index (χ0n) is 13.9. The van der Waals surface area contributed by atoms with Crippen LogP contribution in [-0.4, -0.2) is 31.8 Å². The van der Waals surface area contributed by atoms with Crippen LogP contribution < -0.4 is 27.4 Å². The molecule has 0 fully saturated rings. The lowest BCUT2D eigenvalue weighted by molar-refractivity contribution is 0.0954. The van der Waals surface area contributed by atoms with E-state index < -0.39 is 11.8 Å². The van der Waals surface area contributed by atoms with Gasteiger partial charge in [-0.3, -0.25) is 41.3 Å². The van der Waals surface area contributed by atoms with Crippen molar-refractivity contribution in [2.45, 2.75) is 0 Å². The number of rotatable bonds is 6. The molecule has 3 aromatic rings. The van der Waals surface area contributed by atoms with E-state index in [9.17, 15) is 9.59 Å². The molecule has 0 atom stereocenters. The van der Waals surface area contributed by atoms with Gasteiger partial charge >= 0.3 is 0 Å². The molecule has 0 aliphatic rings. The van der Waals surface area contributed by atoms with Gasteiger partial charge in [-0.2, -0.15) is 0 Å². The van der Waals surface area contributed by atoms with Crippen LogP contribution >= 0.6 is 0 Å². The maximum atomic E-state index is 12.0. The molecule has 2 amide bonds. The summed E-state index contributed by atoms with van der Waals surface area (Å²) < 4.78 is 0. The van der Waals surface area contributed by atoms with Crippen LogP contribution in [0.1, 0.15) is 20.7 Å². The molecule has 11 nitrogen and oxygen atoms in total. The minimum atomic E-state index is -0.393. The number of hydrazine groups is 2. The first kappa shape index (κ1) is 17.5. The normalized spacial score (nSPS) is 9.93. The SMILES string of the molecule is Nc1c(NNC(=O)c2ccncc2)ncnc1NNC(=O)c1ccncc1. The second-order valence-corrected chi connectivity index (χ2v) is 5.11. The smallest absolute Gasteiger partial charge is 0.269 e. The molecule has 0 aliphatic heterocycles. The fourth-order valence-electron chi connectivity index (χ4n) is 1.98. The molecule has 0 aromatic carbocycles. The van der Waals surface area contributed by atoms with Gasteiger partial charge in [-0.1, -0.05) is 0 Å². The van der Waals surface area contributed by atoms with Gasteiger partial charge in [0.15, 0.2) is 11.6 Å². The molecule has 3 heterocycles. The minimum absolute atomic E-state index is 0.0996. The molecular weight excluding hydrogens is 350 g/mol. The monoisotopic (exact) mass is 365 g/mol. The lowest BCUT2D eigenvalue weighted by Gasteiger charge is -2.13. The molecule has 0 radical (unpaired) electrons. The molecule has 0 aliphatic carbocycles. The van der Waals surface area contributed by atoms with E-state index in [-0.39, 0.29) is 17.3 Å². The van der Waals surface area contributed by atoms with E-state index in [4.69, 9.17) is 5.73 Å².